The minimum absolute atomic E-state index is 0.850. The molecule has 0 unspecified atom stereocenters. The molecule has 0 aliphatic carbocycles. The van der Waals surface area contributed by atoms with Gasteiger partial charge < -0.3 is 299 Å². The summed E-state index contributed by atoms with van der Waals surface area (Å²) in [5.41, 5.74) is 0. The van der Waals surface area contributed by atoms with Gasteiger partial charge >= 0.3 is 0 Å². The third-order valence-corrected chi connectivity index (χ3v) is 26.7. The quantitative estimate of drug-likeness (QED) is 0.0270. The number of amides is 5. The van der Waals surface area contributed by atoms with E-state index in [9.17, 15) is 192 Å². The zero-order chi connectivity index (χ0) is 109. The van der Waals surface area contributed by atoms with Gasteiger partial charge in [0.2, 0.25) is 29.5 Å². The first kappa shape index (κ1) is 122. The first-order valence-corrected chi connectivity index (χ1v) is 46.9. The van der Waals surface area contributed by atoms with Crippen LogP contribution in [-0.2, 0) is 128 Å². The summed E-state index contributed by atoms with van der Waals surface area (Å²) in [6, 6.07) is -10.0. The predicted octanol–water partition coefficient (Wildman–Crippen LogP) is -25.8. The lowest BCUT2D eigenvalue weighted by Crippen LogP contribution is -2.70. The summed E-state index contributed by atoms with van der Waals surface area (Å²) in [5.74, 6) is -5.03. The Balaban J connectivity index is 0.977. The number of carbonyl (C=O) groups excluding carboxylic acids is 5. The third-order valence-electron chi connectivity index (χ3n) is 26.7. The lowest BCUT2D eigenvalue weighted by atomic mass is 9.94. The van der Waals surface area contributed by atoms with Crippen LogP contribution in [0.15, 0.2) is 0 Å². The number of hydrogen-bond acceptors (Lipinski definition) is 60. The van der Waals surface area contributed by atoms with Gasteiger partial charge in [0.25, 0.3) is 0 Å². The van der Waals surface area contributed by atoms with Gasteiger partial charge in [-0.2, -0.15) is 0 Å². The second kappa shape index (κ2) is 54.2. The Bertz CT molecular complexity index is 4050. The van der Waals surface area contributed by atoms with Gasteiger partial charge in [0, 0.05) is 34.6 Å². The standard InChI is InChI=1S/C82H139N5O60/c1-19-41(103)53(115)59(121)76(129-19)126-16-26(102)64(42(104)25(7-88)83-20(2)97)140-73-38(85-22(4)99)50(112)68(34(15-96)135-73)144-80-63(125)69(145-82-71(57(119)46(108)30(11-92)133-82)147-75-40(87-24(6)101)52(114)67(33(14-95)137-75)143-79-62(124)56(118)45(107)29(10-91)132-79)48(110)36(138-80)18-128-81-70(146-74-39(86-23(5)100)51(113)66(32(13-94)136-74)142-78-61(123)55(117)44(106)28(9-90)131-78)58(120)47(109)35(139-81)17-127-72-37(84-21(3)98)49(111)65(31(12-93)134-72)141-77-60(122)54(116)43(105)27(8-89)130-77/h19,25-82,88-96,102-125H,7-18H2,1-6H3,(H,83,97)(H,84,98)(H,85,99)(H,86,100)(H,87,101)/t19-,25-,26+,27+,28+,29+,30+,31+,32+,33+,34+,35+,36+,37+,38+,39+,40+,41+,42+,43-,44-,45-,46+,47+,48+,49+,50+,51+,52+,53+,54-,55-,56-,57-,58-,59-,60+,61+,62+,63-,64+,65+,66+,67+,68+,69-,70-,71-,72+,73-,74-,75-,76+,77-,78-,79-,80-,81-,82+/m0/s1. The molecule has 59 atom stereocenters. The summed E-state index contributed by atoms with van der Waals surface area (Å²) in [6.45, 7) is -8.44. The first-order valence-electron chi connectivity index (χ1n) is 46.9. The number of aliphatic hydroxyl groups is 33. The maximum atomic E-state index is 13.5. The van der Waals surface area contributed by atoms with E-state index in [-0.39, 0.29) is 0 Å². The zero-order valence-corrected chi connectivity index (χ0v) is 79.3. The van der Waals surface area contributed by atoms with Crippen molar-refractivity contribution in [1.82, 2.24) is 26.6 Å². The third kappa shape index (κ3) is 28.0. The molecule has 11 aliphatic rings. The van der Waals surface area contributed by atoms with Crippen molar-refractivity contribution < 1.29 is 297 Å². The number of rotatable bonds is 42. The molecule has 38 N–H and O–H groups in total. The van der Waals surface area contributed by atoms with Crippen LogP contribution in [0.4, 0.5) is 0 Å². The van der Waals surface area contributed by atoms with Crippen LogP contribution in [0.25, 0.3) is 0 Å². The van der Waals surface area contributed by atoms with E-state index < -0.39 is 471 Å². The fraction of sp³-hybridized carbons (Fsp3) is 0.939. The number of nitrogens with one attached hydrogen (secondary N) is 5. The molecule has 11 rings (SSSR count). The van der Waals surface area contributed by atoms with Gasteiger partial charge in [0.05, 0.1) is 91.4 Å². The molecule has 11 aliphatic heterocycles. The van der Waals surface area contributed by atoms with Crippen LogP contribution < -0.4 is 26.6 Å². The van der Waals surface area contributed by atoms with Crippen LogP contribution in [0.5, 0.6) is 0 Å². The summed E-state index contributed by atoms with van der Waals surface area (Å²) < 4.78 is 132. The highest BCUT2D eigenvalue weighted by Gasteiger charge is 2.63. The molecular formula is C82H139N5O60. The molecule has 0 saturated carbocycles. The molecule has 11 fully saturated rings. The minimum Gasteiger partial charge on any atom is -0.394 e. The topological polar surface area (TPSA) is 1020 Å². The molecule has 147 heavy (non-hydrogen) atoms. The lowest BCUT2D eigenvalue weighted by molar-refractivity contribution is -0.399. The Morgan fingerprint density at radius 2 is 0.531 bits per heavy atom. The van der Waals surface area contributed by atoms with Crippen molar-refractivity contribution >= 4 is 29.5 Å². The Labute approximate surface area is 833 Å². The second-order valence-corrected chi connectivity index (χ2v) is 37.2. The number of hydrogen-bond donors (Lipinski definition) is 38. The summed E-state index contributed by atoms with van der Waals surface area (Å²) in [5, 5.41) is 384. The fourth-order valence-corrected chi connectivity index (χ4v) is 18.7. The van der Waals surface area contributed by atoms with E-state index in [1.54, 1.807) is 0 Å². The average Bonchev–Trinajstić information content (AvgIpc) is 0.761. The molecule has 11 saturated heterocycles. The molecule has 0 aromatic rings. The Kier molecular flexibility index (Phi) is 45.1. The predicted molar refractivity (Wildman–Crippen MR) is 454 cm³/mol. The van der Waals surface area contributed by atoms with Gasteiger partial charge in [-0.05, 0) is 6.92 Å². The van der Waals surface area contributed by atoms with Gasteiger partial charge in [-0.15, -0.1) is 0 Å². The summed E-state index contributed by atoms with van der Waals surface area (Å²) in [6.07, 6.45) is -118. The highest BCUT2D eigenvalue weighted by atomic mass is 16.8. The molecule has 0 aromatic carbocycles. The van der Waals surface area contributed by atoms with Crippen LogP contribution in [0.1, 0.15) is 41.5 Å². The van der Waals surface area contributed by atoms with Crippen LogP contribution >= 0.6 is 0 Å². The number of carbonyl (C=O) groups is 5. The smallest absolute Gasteiger partial charge is 0.217 e. The van der Waals surface area contributed by atoms with Crippen LogP contribution in [0, 0.1) is 0 Å². The highest BCUT2D eigenvalue weighted by molar-refractivity contribution is 5.75. The van der Waals surface area contributed by atoms with Gasteiger partial charge in [0.15, 0.2) is 69.2 Å². The highest BCUT2D eigenvalue weighted by Crippen LogP contribution is 2.42. The number of ether oxygens (including phenoxy) is 22. The maximum Gasteiger partial charge on any atom is 0.217 e. The minimum atomic E-state index is -2.77. The lowest BCUT2D eigenvalue weighted by Gasteiger charge is -2.51. The van der Waals surface area contributed by atoms with Crippen LogP contribution in [0.2, 0.25) is 0 Å². The van der Waals surface area contributed by atoms with Crippen molar-refractivity contribution in [3.8, 4) is 0 Å². The monoisotopic (exact) mass is 2150 g/mol. The van der Waals surface area contributed by atoms with E-state index in [1.807, 2.05) is 0 Å². The van der Waals surface area contributed by atoms with Crippen molar-refractivity contribution in [2.24, 2.45) is 0 Å². The molecule has 0 spiro atoms. The van der Waals surface area contributed by atoms with E-state index in [0.29, 0.717) is 0 Å². The van der Waals surface area contributed by atoms with Crippen molar-refractivity contribution in [1.29, 1.82) is 0 Å². The Morgan fingerprint density at radius 1 is 0.252 bits per heavy atom. The average molecular weight is 2150 g/mol. The van der Waals surface area contributed by atoms with Gasteiger partial charge in [-0.1, -0.05) is 0 Å². The van der Waals surface area contributed by atoms with Gasteiger partial charge in [-0.25, -0.2) is 0 Å². The van der Waals surface area contributed by atoms with E-state index in [1.165, 1.54) is 6.92 Å². The first-order chi connectivity index (χ1) is 69.5. The van der Waals surface area contributed by atoms with E-state index in [2.05, 4.69) is 26.6 Å². The Hall–Kier alpha value is -4.85. The second-order valence-electron chi connectivity index (χ2n) is 37.2. The van der Waals surface area contributed by atoms with Crippen molar-refractivity contribution in [2.75, 3.05) is 79.3 Å². The largest absolute Gasteiger partial charge is 0.394 e. The normalized spacial score (nSPS) is 47.3. The fourth-order valence-electron chi connectivity index (χ4n) is 18.7. The van der Waals surface area contributed by atoms with E-state index in [4.69, 9.17) is 104 Å². The molecule has 11 heterocycles. The molecule has 0 bridgehead atoms. The molecule has 5 amide bonds. The molecule has 65 heteroatoms. The molecule has 852 valence electrons. The van der Waals surface area contributed by atoms with E-state index in [0.717, 1.165) is 34.6 Å². The summed E-state index contributed by atoms with van der Waals surface area (Å²) in [7, 11) is 0. The molecule has 0 radical (unpaired) electrons. The summed E-state index contributed by atoms with van der Waals surface area (Å²) >= 11 is 0. The summed E-state index contributed by atoms with van der Waals surface area (Å²) in [4.78, 5) is 65.5. The van der Waals surface area contributed by atoms with Crippen molar-refractivity contribution in [2.45, 2.75) is 403 Å². The zero-order valence-electron chi connectivity index (χ0n) is 79.3. The number of aliphatic hydroxyl groups excluding tert-OH is 33. The molecular weight excluding hydrogens is 2010 g/mol. The maximum absolute atomic E-state index is 13.5. The van der Waals surface area contributed by atoms with Gasteiger partial charge in [-0.3, -0.25) is 24.0 Å². The Morgan fingerprint density at radius 3 is 0.905 bits per heavy atom. The van der Waals surface area contributed by atoms with Crippen LogP contribution in [-0.4, -0.2) is 639 Å². The molecule has 0 aromatic heterocycles. The van der Waals surface area contributed by atoms with Gasteiger partial charge in [0.1, 0.15) is 281 Å². The SMILES string of the molecule is CC(=O)N[C@H]1[C@H](O[C@@H]([C@H](O)[C@H](CO)NC(C)=O)[C@H](O)CO[C@@H]2O[C@@H](C)[C@@H](O)[C@@H](O)[C@@H]2O)O[C@H](CO)[C@@H](O[C@@H]2O[C@H](CO[C@H]3O[C@H](CO[C@@H]4O[C@H](CO)[C@@H](O[C@@H]5O[C@H](CO)[C@H](O)[C@H](O)[C@H]5O)[C@H](O)[C@H]4NC(C)=O)[C@@H](O)[C@H](O)[C@@H]3O[C@@H]3O[C@H](CO)[C@@H](O[C@@H]4O[C@H](CO)[C@H](O)[C@H](O)[C@H]4O)[C@H](O)[C@H]3NC(C)=O)[C@@H](O)[C@H](O[C@H]3O[C@H](CO)[C@@H](O)[C@H](O)[C@@H]3O[C@@H]3O[C@H](CO)[C@@H](O[C@@H]4O[C@H](CO)[C@H](O)[C@H](O)[C@H]4O)[C@H](O)[C@H]3NC(C)=O)[C@@H]2O)[C@@H]1O. The van der Waals surface area contributed by atoms with Crippen molar-refractivity contribution in [3.63, 3.8) is 0 Å². The van der Waals surface area contributed by atoms with E-state index >= 15 is 0 Å². The van der Waals surface area contributed by atoms with Crippen molar-refractivity contribution in [3.05, 3.63) is 0 Å². The van der Waals surface area contributed by atoms with Crippen LogP contribution in [0.3, 0.4) is 0 Å². The molecule has 65 nitrogen and oxygen atoms in total.